The predicted octanol–water partition coefficient (Wildman–Crippen LogP) is 2.41. The van der Waals surface area contributed by atoms with Crippen molar-refractivity contribution in [3.63, 3.8) is 0 Å². The van der Waals surface area contributed by atoms with E-state index in [1.165, 1.54) is 19.3 Å². The van der Waals surface area contributed by atoms with Crippen molar-refractivity contribution in [1.29, 1.82) is 0 Å². The van der Waals surface area contributed by atoms with E-state index in [-0.39, 0.29) is 12.2 Å². The quantitative estimate of drug-likeness (QED) is 0.680. The summed E-state index contributed by atoms with van der Waals surface area (Å²) >= 11 is 0. The lowest BCUT2D eigenvalue weighted by Crippen LogP contribution is -2.37. The van der Waals surface area contributed by atoms with Crippen LogP contribution >= 0.6 is 0 Å². The van der Waals surface area contributed by atoms with Crippen LogP contribution in [0.1, 0.15) is 39.0 Å². The predicted molar refractivity (Wildman–Crippen MR) is 54.1 cm³/mol. The third kappa shape index (κ3) is 2.40. The van der Waals surface area contributed by atoms with Crippen molar-refractivity contribution in [3.05, 3.63) is 0 Å². The number of amides is 1. The van der Waals surface area contributed by atoms with Gasteiger partial charge in [-0.05, 0) is 44.9 Å². The molecule has 1 heterocycles. The van der Waals surface area contributed by atoms with Crippen molar-refractivity contribution >= 4 is 6.09 Å². The topological polar surface area (TPSA) is 29.5 Å². The normalized spacial score (nSPS) is 24.5. The minimum atomic E-state index is -0.0934. The summed E-state index contributed by atoms with van der Waals surface area (Å²) in [7, 11) is 0. The van der Waals surface area contributed by atoms with E-state index in [2.05, 4.69) is 0 Å². The monoisotopic (exact) mass is 197 g/mol. The summed E-state index contributed by atoms with van der Waals surface area (Å²) in [5.74, 6) is 0.642. The molecule has 1 aliphatic carbocycles. The van der Waals surface area contributed by atoms with Gasteiger partial charge in [0.2, 0.25) is 0 Å². The fourth-order valence-corrected chi connectivity index (χ4v) is 1.97. The maximum Gasteiger partial charge on any atom is 0.410 e. The van der Waals surface area contributed by atoms with Gasteiger partial charge in [-0.1, -0.05) is 0 Å². The van der Waals surface area contributed by atoms with Gasteiger partial charge in [-0.15, -0.1) is 0 Å². The van der Waals surface area contributed by atoms with Crippen molar-refractivity contribution in [2.45, 2.75) is 45.1 Å². The minimum Gasteiger partial charge on any atom is -0.446 e. The van der Waals surface area contributed by atoms with E-state index in [1.54, 1.807) is 0 Å². The lowest BCUT2D eigenvalue weighted by Gasteiger charge is -2.27. The smallest absolute Gasteiger partial charge is 0.410 e. The molecule has 0 aromatic rings. The van der Waals surface area contributed by atoms with Crippen LogP contribution in [-0.4, -0.2) is 30.2 Å². The molecule has 14 heavy (non-hydrogen) atoms. The number of ether oxygens (including phenoxy) is 1. The lowest BCUT2D eigenvalue weighted by atomic mass is 10.1. The molecule has 0 bridgehead atoms. The number of hydrogen-bond donors (Lipinski definition) is 0. The van der Waals surface area contributed by atoms with Gasteiger partial charge in [0.15, 0.2) is 0 Å². The van der Waals surface area contributed by atoms with Crippen molar-refractivity contribution in [3.8, 4) is 0 Å². The summed E-state index contributed by atoms with van der Waals surface area (Å²) < 4.78 is 5.40. The number of likely N-dealkylation sites (tertiary alicyclic amines) is 1. The van der Waals surface area contributed by atoms with Gasteiger partial charge < -0.3 is 9.64 Å². The van der Waals surface area contributed by atoms with E-state index < -0.39 is 0 Å². The van der Waals surface area contributed by atoms with Gasteiger partial charge in [-0.2, -0.15) is 0 Å². The summed E-state index contributed by atoms with van der Waals surface area (Å²) in [6.07, 6.45) is 6.01. The van der Waals surface area contributed by atoms with Crippen LogP contribution in [0, 0.1) is 5.92 Å². The van der Waals surface area contributed by atoms with Crippen molar-refractivity contribution in [1.82, 2.24) is 4.90 Å². The van der Waals surface area contributed by atoms with Crippen LogP contribution in [0.5, 0.6) is 0 Å². The summed E-state index contributed by atoms with van der Waals surface area (Å²) in [6, 6.07) is 0. The molecule has 1 saturated carbocycles. The Morgan fingerprint density at radius 1 is 1.29 bits per heavy atom. The molecule has 3 nitrogen and oxygen atoms in total. The molecule has 2 rings (SSSR count). The highest BCUT2D eigenvalue weighted by molar-refractivity contribution is 5.67. The fraction of sp³-hybridized carbons (Fsp3) is 0.909. The van der Waals surface area contributed by atoms with Crippen LogP contribution in [0.25, 0.3) is 0 Å². The maximum atomic E-state index is 11.6. The Morgan fingerprint density at radius 2 is 1.93 bits per heavy atom. The van der Waals surface area contributed by atoms with Gasteiger partial charge in [-0.25, -0.2) is 4.79 Å². The zero-order valence-corrected chi connectivity index (χ0v) is 8.87. The Labute approximate surface area is 85.4 Å². The third-order valence-corrected chi connectivity index (χ3v) is 3.19. The van der Waals surface area contributed by atoms with Crippen LogP contribution in [0.3, 0.4) is 0 Å². The van der Waals surface area contributed by atoms with E-state index in [1.807, 2.05) is 11.8 Å². The number of nitrogens with zero attached hydrogens (tertiary/aromatic N) is 1. The number of rotatable bonds is 2. The van der Waals surface area contributed by atoms with Gasteiger partial charge in [0, 0.05) is 13.1 Å². The molecular formula is C11H19NO2. The summed E-state index contributed by atoms with van der Waals surface area (Å²) in [5.41, 5.74) is 0. The minimum absolute atomic E-state index is 0.0934. The molecule has 2 aliphatic rings. The molecule has 80 valence electrons. The number of hydrogen-bond acceptors (Lipinski definition) is 2. The van der Waals surface area contributed by atoms with E-state index in [0.717, 1.165) is 25.9 Å². The Balaban J connectivity index is 1.75. The third-order valence-electron chi connectivity index (χ3n) is 3.19. The van der Waals surface area contributed by atoms with E-state index in [4.69, 9.17) is 4.74 Å². The molecule has 3 heteroatoms. The first kappa shape index (κ1) is 9.81. The van der Waals surface area contributed by atoms with Crippen molar-refractivity contribution in [2.75, 3.05) is 13.1 Å². The second-order valence-electron chi connectivity index (χ2n) is 4.47. The van der Waals surface area contributed by atoms with Crippen LogP contribution in [0.4, 0.5) is 4.79 Å². The molecule has 0 N–H and O–H groups in total. The molecule has 0 aromatic carbocycles. The Morgan fingerprint density at radius 3 is 2.50 bits per heavy atom. The average Bonchev–Trinajstić information content (AvgIpc) is 3.02. The molecule has 1 atom stereocenters. The number of carbonyl (C=O) groups excluding carboxylic acids is 1. The van der Waals surface area contributed by atoms with E-state index in [0.29, 0.717) is 5.92 Å². The molecule has 2 fully saturated rings. The van der Waals surface area contributed by atoms with Crippen LogP contribution in [0.2, 0.25) is 0 Å². The molecular weight excluding hydrogens is 178 g/mol. The highest BCUT2D eigenvalue weighted by Gasteiger charge is 2.31. The Kier molecular flexibility index (Phi) is 2.94. The number of piperidine rings is 1. The average molecular weight is 197 g/mol. The molecule has 1 aliphatic heterocycles. The molecule has 0 aromatic heterocycles. The molecule has 1 amide bonds. The first-order chi connectivity index (χ1) is 6.77. The molecule has 0 radical (unpaired) electrons. The Bertz CT molecular complexity index is 207. The largest absolute Gasteiger partial charge is 0.446 e. The SMILES string of the molecule is CC(OC(=O)N1CCCCC1)C1CC1. The van der Waals surface area contributed by atoms with Crippen LogP contribution in [0.15, 0.2) is 0 Å². The second-order valence-corrected chi connectivity index (χ2v) is 4.47. The van der Waals surface area contributed by atoms with E-state index in [9.17, 15) is 4.79 Å². The Hall–Kier alpha value is -0.730. The summed E-state index contributed by atoms with van der Waals surface area (Å²) in [4.78, 5) is 13.5. The van der Waals surface area contributed by atoms with Crippen molar-refractivity contribution in [2.24, 2.45) is 5.92 Å². The van der Waals surface area contributed by atoms with Crippen LogP contribution in [-0.2, 0) is 4.74 Å². The molecule has 0 spiro atoms. The fourth-order valence-electron chi connectivity index (χ4n) is 1.97. The van der Waals surface area contributed by atoms with Gasteiger partial charge in [0.1, 0.15) is 6.10 Å². The maximum absolute atomic E-state index is 11.6. The van der Waals surface area contributed by atoms with Gasteiger partial charge in [0.25, 0.3) is 0 Å². The first-order valence-corrected chi connectivity index (χ1v) is 5.73. The van der Waals surface area contributed by atoms with E-state index >= 15 is 0 Å². The number of carbonyl (C=O) groups is 1. The lowest BCUT2D eigenvalue weighted by molar-refractivity contribution is 0.0562. The van der Waals surface area contributed by atoms with Crippen LogP contribution < -0.4 is 0 Å². The second kappa shape index (κ2) is 4.20. The zero-order chi connectivity index (χ0) is 9.97. The van der Waals surface area contributed by atoms with Gasteiger partial charge in [-0.3, -0.25) is 0 Å². The zero-order valence-electron chi connectivity index (χ0n) is 8.87. The van der Waals surface area contributed by atoms with Crippen molar-refractivity contribution < 1.29 is 9.53 Å². The summed E-state index contributed by atoms with van der Waals surface area (Å²) in [5, 5.41) is 0. The highest BCUT2D eigenvalue weighted by atomic mass is 16.6. The molecule has 1 unspecified atom stereocenters. The molecule has 1 saturated heterocycles. The standard InChI is InChI=1S/C11H19NO2/c1-9(10-5-6-10)14-11(13)12-7-3-2-4-8-12/h9-10H,2-8H2,1H3. The highest BCUT2D eigenvalue weighted by Crippen LogP contribution is 2.34. The first-order valence-electron chi connectivity index (χ1n) is 5.73. The van der Waals surface area contributed by atoms with Gasteiger partial charge in [0.05, 0.1) is 0 Å². The van der Waals surface area contributed by atoms with Gasteiger partial charge >= 0.3 is 6.09 Å². The summed E-state index contributed by atoms with van der Waals surface area (Å²) in [6.45, 7) is 3.78.